The summed E-state index contributed by atoms with van der Waals surface area (Å²) in [6.07, 6.45) is 4.19. The summed E-state index contributed by atoms with van der Waals surface area (Å²) in [4.78, 5) is 9.36. The lowest BCUT2D eigenvalue weighted by atomic mass is 10.0. The highest BCUT2D eigenvalue weighted by molar-refractivity contribution is 5.78. The predicted molar refractivity (Wildman–Crippen MR) is 116 cm³/mol. The second-order valence-electron chi connectivity index (χ2n) is 7.80. The molecule has 0 bridgehead atoms. The number of tetrazole rings is 1. The van der Waals surface area contributed by atoms with Crippen molar-refractivity contribution in [2.45, 2.75) is 19.9 Å². The van der Waals surface area contributed by atoms with Gasteiger partial charge in [-0.3, -0.25) is 9.08 Å². The van der Waals surface area contributed by atoms with Gasteiger partial charge >= 0.3 is 0 Å². The number of hydrogen-bond donors (Lipinski definition) is 2. The second kappa shape index (κ2) is 7.36. The van der Waals surface area contributed by atoms with Gasteiger partial charge in [-0.2, -0.15) is 10.3 Å². The number of nitrogens with one attached hydrogen (secondary N) is 2. The third kappa shape index (κ3) is 3.18. The fourth-order valence-electron chi connectivity index (χ4n) is 4.20. The zero-order valence-electron chi connectivity index (χ0n) is 17.9. The van der Waals surface area contributed by atoms with Gasteiger partial charge in [0.1, 0.15) is 17.3 Å². The number of fused-ring (bicyclic) bond motifs is 2. The number of anilines is 1. The number of imidazole rings is 1. The number of halogens is 1. The Morgan fingerprint density at radius 3 is 3.00 bits per heavy atom. The van der Waals surface area contributed by atoms with Gasteiger partial charge in [-0.1, -0.05) is 0 Å². The number of hydrogen-bond acceptors (Lipinski definition) is 8. The summed E-state index contributed by atoms with van der Waals surface area (Å²) in [5.74, 6) is 1.32. The number of rotatable bonds is 5. The van der Waals surface area contributed by atoms with Crippen LogP contribution in [0.2, 0.25) is 0 Å². The fourth-order valence-corrected chi connectivity index (χ4v) is 4.20. The summed E-state index contributed by atoms with van der Waals surface area (Å²) in [5, 5.41) is 21.8. The van der Waals surface area contributed by atoms with Gasteiger partial charge in [0.2, 0.25) is 11.8 Å². The first kappa shape index (κ1) is 19.3. The highest BCUT2D eigenvalue weighted by Gasteiger charge is 2.21. The molecule has 4 aromatic heterocycles. The van der Waals surface area contributed by atoms with E-state index in [-0.39, 0.29) is 12.4 Å². The second-order valence-corrected chi connectivity index (χ2v) is 7.80. The number of aromatic amines is 1. The van der Waals surface area contributed by atoms with Crippen LogP contribution in [0.4, 0.5) is 10.3 Å². The molecule has 0 saturated carbocycles. The topological polar surface area (TPSA) is 124 Å². The van der Waals surface area contributed by atoms with E-state index in [1.165, 1.54) is 6.07 Å². The number of H-pyrrole nitrogens is 1. The molecule has 1 aliphatic heterocycles. The monoisotopic (exact) mass is 446 g/mol. The fraction of sp³-hybridized carbons (Fsp3) is 0.238. The van der Waals surface area contributed by atoms with E-state index in [1.54, 1.807) is 27.5 Å². The molecule has 11 nitrogen and oxygen atoms in total. The molecule has 0 spiro atoms. The number of aryl methyl sites for hydroxylation is 2. The minimum absolute atomic E-state index is 0.250. The summed E-state index contributed by atoms with van der Waals surface area (Å²) in [6, 6.07) is 5.08. The van der Waals surface area contributed by atoms with E-state index in [4.69, 9.17) is 9.72 Å². The maximum Gasteiger partial charge on any atom is 0.224 e. The van der Waals surface area contributed by atoms with Crippen LogP contribution >= 0.6 is 0 Å². The molecule has 0 unspecified atom stereocenters. The summed E-state index contributed by atoms with van der Waals surface area (Å²) in [7, 11) is 1.87. The molecule has 0 amide bonds. The molecule has 2 N–H and O–H groups in total. The molecule has 0 radical (unpaired) electrons. The Hall–Kier alpha value is -4.35. The minimum atomic E-state index is -0.275. The Morgan fingerprint density at radius 2 is 2.21 bits per heavy atom. The molecule has 0 saturated heterocycles. The summed E-state index contributed by atoms with van der Waals surface area (Å²) < 4.78 is 23.8. The van der Waals surface area contributed by atoms with Crippen LogP contribution in [0, 0.1) is 12.7 Å². The molecular weight excluding hydrogens is 427 g/mol. The van der Waals surface area contributed by atoms with Crippen LogP contribution in [0.25, 0.3) is 28.4 Å². The van der Waals surface area contributed by atoms with E-state index in [0.717, 1.165) is 28.3 Å². The zero-order valence-corrected chi connectivity index (χ0v) is 17.9. The van der Waals surface area contributed by atoms with E-state index in [0.29, 0.717) is 41.7 Å². The Labute approximate surface area is 186 Å². The van der Waals surface area contributed by atoms with Crippen LogP contribution in [0.3, 0.4) is 0 Å². The van der Waals surface area contributed by atoms with Crippen LogP contribution in [0.15, 0.2) is 30.6 Å². The van der Waals surface area contributed by atoms with Crippen molar-refractivity contribution in [3.05, 3.63) is 53.2 Å². The zero-order chi connectivity index (χ0) is 22.5. The summed E-state index contributed by atoms with van der Waals surface area (Å²) in [5.41, 5.74) is 5.17. The van der Waals surface area contributed by atoms with Crippen LogP contribution in [0.5, 0.6) is 5.75 Å². The van der Waals surface area contributed by atoms with Crippen molar-refractivity contribution in [1.82, 2.24) is 44.8 Å². The maximum atomic E-state index is 14.6. The highest BCUT2D eigenvalue weighted by Crippen LogP contribution is 2.32. The number of benzene rings is 1. The highest BCUT2D eigenvalue weighted by atomic mass is 19.1. The van der Waals surface area contributed by atoms with Gasteiger partial charge in [-0.05, 0) is 30.3 Å². The molecular formula is C21H19FN10O. The Kier molecular flexibility index (Phi) is 4.31. The minimum Gasteiger partial charge on any atom is -0.493 e. The summed E-state index contributed by atoms with van der Waals surface area (Å²) >= 11 is 0. The van der Waals surface area contributed by atoms with Crippen LogP contribution in [0.1, 0.15) is 16.8 Å². The van der Waals surface area contributed by atoms with Gasteiger partial charge in [-0.15, -0.1) is 10.2 Å². The maximum absolute atomic E-state index is 14.6. The van der Waals surface area contributed by atoms with E-state index in [2.05, 4.69) is 36.0 Å². The Bertz CT molecular complexity index is 1490. The number of aromatic nitrogens is 9. The smallest absolute Gasteiger partial charge is 0.224 e. The van der Waals surface area contributed by atoms with Crippen molar-refractivity contribution in [3.63, 3.8) is 0 Å². The molecule has 5 heterocycles. The van der Waals surface area contributed by atoms with Gasteiger partial charge in [0.05, 0.1) is 23.6 Å². The average Bonchev–Trinajstić information content (AvgIpc) is 3.59. The number of ether oxygens (including phenoxy) is 1. The average molecular weight is 446 g/mol. The Balaban J connectivity index is 1.45. The van der Waals surface area contributed by atoms with Gasteiger partial charge in [0, 0.05) is 43.5 Å². The molecule has 1 aliphatic rings. The van der Waals surface area contributed by atoms with Crippen molar-refractivity contribution in [2.24, 2.45) is 7.05 Å². The number of nitrogens with zero attached hydrogens (tertiary/aromatic N) is 8. The van der Waals surface area contributed by atoms with Gasteiger partial charge in [-0.25, -0.2) is 14.4 Å². The molecule has 0 aliphatic carbocycles. The molecule has 12 heteroatoms. The molecule has 6 rings (SSSR count). The Morgan fingerprint density at radius 1 is 1.30 bits per heavy atom. The predicted octanol–water partition coefficient (Wildman–Crippen LogP) is 2.30. The van der Waals surface area contributed by atoms with Crippen molar-refractivity contribution in [1.29, 1.82) is 0 Å². The van der Waals surface area contributed by atoms with E-state index < -0.39 is 0 Å². The lowest BCUT2D eigenvalue weighted by Gasteiger charge is -2.13. The largest absolute Gasteiger partial charge is 0.493 e. The SMILES string of the molecule is Cc1cc(-c2cnc(NCc3c(F)ccc4c3CCO4)n3cc(-c4nn[nH]n4)nc23)n(C)n1. The lowest BCUT2D eigenvalue weighted by Crippen LogP contribution is -2.10. The lowest BCUT2D eigenvalue weighted by molar-refractivity contribution is 0.356. The molecule has 166 valence electrons. The third-order valence-electron chi connectivity index (χ3n) is 5.71. The first-order valence-corrected chi connectivity index (χ1v) is 10.4. The van der Waals surface area contributed by atoms with E-state index in [9.17, 15) is 4.39 Å². The summed E-state index contributed by atoms with van der Waals surface area (Å²) in [6.45, 7) is 2.74. The molecule has 1 aromatic carbocycles. The van der Waals surface area contributed by atoms with Crippen LogP contribution in [-0.2, 0) is 20.0 Å². The first-order chi connectivity index (χ1) is 16.1. The molecule has 33 heavy (non-hydrogen) atoms. The van der Waals surface area contributed by atoms with Gasteiger partial charge < -0.3 is 10.1 Å². The van der Waals surface area contributed by atoms with Gasteiger partial charge in [0.25, 0.3) is 0 Å². The van der Waals surface area contributed by atoms with Crippen LogP contribution in [-0.4, -0.2) is 51.4 Å². The molecule has 0 fully saturated rings. The normalized spacial score (nSPS) is 12.8. The quantitative estimate of drug-likeness (QED) is 0.422. The van der Waals surface area contributed by atoms with Crippen LogP contribution < -0.4 is 10.1 Å². The standard InChI is InChI=1S/C21H19FN10O/c1-11-7-17(31(2)28-11)14-9-24-21(32-10-16(25-20(14)32)19-26-29-30-27-19)23-8-13-12-5-6-33-18(12)4-3-15(13)22/h3-4,7,9-10H,5-6,8H2,1-2H3,(H,23,24)(H,26,27,29,30). The van der Waals surface area contributed by atoms with E-state index >= 15 is 0 Å². The molecule has 0 atom stereocenters. The third-order valence-corrected chi connectivity index (χ3v) is 5.71. The van der Waals surface area contributed by atoms with E-state index in [1.807, 2.05) is 20.0 Å². The van der Waals surface area contributed by atoms with Crippen molar-refractivity contribution < 1.29 is 9.13 Å². The van der Waals surface area contributed by atoms with Gasteiger partial charge in [0.15, 0.2) is 5.65 Å². The molecule has 5 aromatic rings. The van der Waals surface area contributed by atoms with Crippen molar-refractivity contribution >= 4 is 11.6 Å². The van der Waals surface area contributed by atoms with Crippen molar-refractivity contribution in [2.75, 3.05) is 11.9 Å². The first-order valence-electron chi connectivity index (χ1n) is 10.4. The van der Waals surface area contributed by atoms with Crippen molar-refractivity contribution in [3.8, 4) is 28.5 Å².